The molecule has 2 fully saturated rings. The van der Waals surface area contributed by atoms with Crippen LogP contribution >= 0.6 is 11.6 Å². The molecular formula is C46H48ClFN8O6S. The molecule has 9 rings (SSSR count). The number of nitrogens with one attached hydrogen (secondary N) is 2. The molecule has 0 spiro atoms. The van der Waals surface area contributed by atoms with Crippen LogP contribution in [0.4, 0.5) is 15.8 Å². The molecule has 1 aliphatic carbocycles. The molecule has 63 heavy (non-hydrogen) atoms. The lowest BCUT2D eigenvalue weighted by molar-refractivity contribution is -0.0322. The van der Waals surface area contributed by atoms with Gasteiger partial charge < -0.3 is 14.4 Å². The number of anilines is 1. The molecule has 0 saturated carbocycles. The number of carbonyl (C=O) groups excluding carboxylic acids is 1. The first-order valence-corrected chi connectivity index (χ1v) is 23.0. The van der Waals surface area contributed by atoms with Crippen LogP contribution in [0.3, 0.4) is 0 Å². The van der Waals surface area contributed by atoms with E-state index in [-0.39, 0.29) is 55.1 Å². The van der Waals surface area contributed by atoms with Crippen molar-refractivity contribution < 1.29 is 27.1 Å². The number of H-pyrrole nitrogens is 1. The molecule has 6 aromatic rings. The summed E-state index contributed by atoms with van der Waals surface area (Å²) in [6.45, 7) is 8.81. The Morgan fingerprint density at radius 1 is 1.00 bits per heavy atom. The maximum absolute atomic E-state index is 15.2. The average Bonchev–Trinajstić information content (AvgIpc) is 3.92. The van der Waals surface area contributed by atoms with Crippen LogP contribution in [0, 0.1) is 10.3 Å². The number of ether oxygens (including phenoxy) is 2. The number of halogens is 2. The highest BCUT2D eigenvalue weighted by molar-refractivity contribution is 7.90. The summed E-state index contributed by atoms with van der Waals surface area (Å²) in [6.07, 6.45) is 6.82. The van der Waals surface area contributed by atoms with E-state index in [1.165, 1.54) is 28.8 Å². The summed E-state index contributed by atoms with van der Waals surface area (Å²) in [5.41, 5.74) is 5.48. The van der Waals surface area contributed by atoms with E-state index in [0.717, 1.165) is 74.1 Å². The van der Waals surface area contributed by atoms with Gasteiger partial charge in [0, 0.05) is 87.3 Å². The third kappa shape index (κ3) is 9.08. The van der Waals surface area contributed by atoms with Crippen molar-refractivity contribution >= 4 is 66.5 Å². The second-order valence-corrected chi connectivity index (χ2v) is 19.6. The molecule has 328 valence electrons. The maximum atomic E-state index is 15.2. The van der Waals surface area contributed by atoms with Gasteiger partial charge in [-0.2, -0.15) is 0 Å². The van der Waals surface area contributed by atoms with Crippen LogP contribution in [0.15, 0.2) is 101 Å². The molecule has 2 aliphatic heterocycles. The van der Waals surface area contributed by atoms with E-state index in [4.69, 9.17) is 21.1 Å². The zero-order valence-corrected chi connectivity index (χ0v) is 36.6. The smallest absolute Gasteiger partial charge is 0.267 e. The van der Waals surface area contributed by atoms with Crippen LogP contribution in [0.2, 0.25) is 5.02 Å². The van der Waals surface area contributed by atoms with Gasteiger partial charge in [0.15, 0.2) is 11.3 Å². The monoisotopic (exact) mass is 894 g/mol. The number of amides is 1. The molecule has 3 aromatic heterocycles. The van der Waals surface area contributed by atoms with Crippen LogP contribution < -0.4 is 14.4 Å². The number of nitrogens with zero attached hydrogens (tertiary/aromatic N) is 6. The Kier molecular flexibility index (Phi) is 11.6. The normalized spacial score (nSPS) is 18.2. The highest BCUT2D eigenvalue weighted by atomic mass is 35.5. The van der Waals surface area contributed by atoms with Crippen molar-refractivity contribution in [3.05, 3.63) is 112 Å². The number of pyridine rings is 1. The maximum Gasteiger partial charge on any atom is 0.267 e. The fourth-order valence-electron chi connectivity index (χ4n) is 8.79. The second-order valence-electron chi connectivity index (χ2n) is 17.5. The number of aromatic amines is 1. The number of piperazine rings is 1. The van der Waals surface area contributed by atoms with Gasteiger partial charge in [-0.05, 0) is 102 Å². The van der Waals surface area contributed by atoms with Crippen molar-refractivity contribution in [2.24, 2.45) is 10.6 Å². The largest absolute Gasteiger partial charge is 0.488 e. The van der Waals surface area contributed by atoms with Crippen LogP contribution in [-0.4, -0.2) is 97.2 Å². The number of sulfonamides is 1. The molecule has 0 atom stereocenters. The fraction of sp³-hybridized carbons (Fsp3) is 0.370. The Balaban J connectivity index is 0.970. The number of nitroso groups, excluding NO2 is 1. The number of rotatable bonds is 12. The summed E-state index contributed by atoms with van der Waals surface area (Å²) in [5, 5.41) is 7.69. The van der Waals surface area contributed by atoms with E-state index in [0.29, 0.717) is 22.4 Å². The van der Waals surface area contributed by atoms with Crippen LogP contribution in [0.1, 0.15) is 61.9 Å². The van der Waals surface area contributed by atoms with Crippen molar-refractivity contribution in [3.8, 4) is 11.4 Å². The molecule has 0 unspecified atom stereocenters. The minimum atomic E-state index is -4.54. The molecule has 1 amide bonds. The highest BCUT2D eigenvalue weighted by Gasteiger charge is 2.34. The summed E-state index contributed by atoms with van der Waals surface area (Å²) >= 11 is 6.25. The van der Waals surface area contributed by atoms with Gasteiger partial charge in [-0.25, -0.2) is 27.5 Å². The van der Waals surface area contributed by atoms with Crippen molar-refractivity contribution in [3.63, 3.8) is 0 Å². The third-order valence-electron chi connectivity index (χ3n) is 12.5. The SMILES string of the molecule is CC1(C)CCC(CN2CCN(c3ccc(C(=O)NS(=O)(=O)c4ccc(OCC5(F)CCOCC5)c(N=O)c4)c(-n4[nH]cc5nc6nccc6cc54)c3)CC2)=C(c2ccc(Cl)cc2)C1. The topological polar surface area (TPSA) is 164 Å². The molecular weight excluding hydrogens is 847 g/mol. The van der Waals surface area contributed by atoms with Crippen LogP contribution in [-0.2, 0) is 14.8 Å². The predicted octanol–water partition coefficient (Wildman–Crippen LogP) is 8.76. The zero-order chi connectivity index (χ0) is 43.9. The lowest BCUT2D eigenvalue weighted by Gasteiger charge is -2.39. The minimum Gasteiger partial charge on any atom is -0.488 e. The number of hydrogen-bond donors (Lipinski definition) is 2. The number of carbonyl (C=O) groups is 1. The molecule has 3 aromatic carbocycles. The lowest BCUT2D eigenvalue weighted by Crippen LogP contribution is -2.47. The Hall–Kier alpha value is -5.68. The molecule has 2 saturated heterocycles. The number of hydrogen-bond acceptors (Lipinski definition) is 11. The van der Waals surface area contributed by atoms with E-state index >= 15 is 4.39 Å². The molecule has 2 N–H and O–H groups in total. The second kappa shape index (κ2) is 17.1. The number of benzene rings is 3. The Labute approximate surface area is 369 Å². The number of allylic oxidation sites excluding steroid dienone is 1. The van der Waals surface area contributed by atoms with Gasteiger partial charge in [-0.15, -0.1) is 4.91 Å². The minimum absolute atomic E-state index is 0.0655. The summed E-state index contributed by atoms with van der Waals surface area (Å²) in [7, 11) is -4.54. The van der Waals surface area contributed by atoms with Gasteiger partial charge >= 0.3 is 0 Å². The van der Waals surface area contributed by atoms with Crippen molar-refractivity contribution in [1.82, 2.24) is 29.4 Å². The molecule has 14 nitrogen and oxygen atoms in total. The van der Waals surface area contributed by atoms with E-state index in [9.17, 15) is 18.1 Å². The third-order valence-corrected chi connectivity index (χ3v) is 14.1. The van der Waals surface area contributed by atoms with Gasteiger partial charge in [0.25, 0.3) is 15.9 Å². The Morgan fingerprint density at radius 3 is 2.54 bits per heavy atom. The van der Waals surface area contributed by atoms with Gasteiger partial charge in [-0.1, -0.05) is 43.2 Å². The van der Waals surface area contributed by atoms with Gasteiger partial charge in [-0.3, -0.25) is 19.5 Å². The quantitative estimate of drug-likeness (QED) is 0.114. The number of fused-ring (bicyclic) bond motifs is 2. The Morgan fingerprint density at radius 2 is 1.78 bits per heavy atom. The zero-order valence-electron chi connectivity index (χ0n) is 35.1. The van der Waals surface area contributed by atoms with E-state index < -0.39 is 26.5 Å². The van der Waals surface area contributed by atoms with Crippen LogP contribution in [0.5, 0.6) is 5.75 Å². The molecule has 3 aliphatic rings. The average molecular weight is 895 g/mol. The molecule has 17 heteroatoms. The van der Waals surface area contributed by atoms with E-state index in [2.05, 4.69) is 60.7 Å². The molecule has 5 heterocycles. The molecule has 0 bridgehead atoms. The van der Waals surface area contributed by atoms with Gasteiger partial charge in [0.1, 0.15) is 23.5 Å². The number of aromatic nitrogens is 4. The van der Waals surface area contributed by atoms with Crippen molar-refractivity contribution in [1.29, 1.82) is 0 Å². The first kappa shape index (κ1) is 42.6. The van der Waals surface area contributed by atoms with Crippen LogP contribution in [0.25, 0.3) is 33.3 Å². The first-order chi connectivity index (χ1) is 30.3. The van der Waals surface area contributed by atoms with Gasteiger partial charge in [0.2, 0.25) is 0 Å². The highest BCUT2D eigenvalue weighted by Crippen LogP contribution is 2.43. The number of alkyl halides is 1. The summed E-state index contributed by atoms with van der Waals surface area (Å²) in [4.78, 5) is 39.4. The molecule has 0 radical (unpaired) electrons. The Bertz CT molecular complexity index is 2850. The standard InChI is InChI=1S/C46H48ClFN8O6S/c1-45(2)13-11-32(37(26-45)30-3-5-33(47)6-4-30)28-54-17-19-55(20-18-54)34-7-9-36(40(24-34)56-41-23-31-12-16-49-43(31)51-39(41)27-50-56)44(57)53-63(59,60)35-8-10-42(38(25-35)52-58)62-29-46(48)14-21-61-22-15-46/h3-10,12,16,23-25,27,50H,11,13-15,17-22,26,28-29H2,1-2H3,(H,53,57). The lowest BCUT2D eigenvalue weighted by atomic mass is 9.72. The summed E-state index contributed by atoms with van der Waals surface area (Å²) in [6, 6.07) is 20.7. The van der Waals surface area contributed by atoms with E-state index in [1.54, 1.807) is 23.1 Å². The van der Waals surface area contributed by atoms with Crippen molar-refractivity contribution in [2.45, 2.75) is 56.5 Å². The first-order valence-electron chi connectivity index (χ1n) is 21.1. The predicted molar refractivity (Wildman–Crippen MR) is 241 cm³/mol. The summed E-state index contributed by atoms with van der Waals surface area (Å²) < 4.78 is 57.4. The van der Waals surface area contributed by atoms with Gasteiger partial charge in [0.05, 0.1) is 21.7 Å². The van der Waals surface area contributed by atoms with Crippen molar-refractivity contribution in [2.75, 3.05) is 57.4 Å². The van der Waals surface area contributed by atoms with E-state index in [1.807, 2.05) is 36.4 Å². The fourth-order valence-corrected chi connectivity index (χ4v) is 9.90. The summed E-state index contributed by atoms with van der Waals surface area (Å²) in [5.74, 6) is -0.978.